The molecule has 30 heavy (non-hydrogen) atoms. The molecule has 3 rings (SSSR count). The van der Waals surface area contributed by atoms with Crippen LogP contribution in [0.25, 0.3) is 11.3 Å². The summed E-state index contributed by atoms with van der Waals surface area (Å²) in [6, 6.07) is 16.8. The molecule has 6 nitrogen and oxygen atoms in total. The molecule has 0 amide bonds. The first-order valence-corrected chi connectivity index (χ1v) is 10.4. The van der Waals surface area contributed by atoms with Crippen LogP contribution in [-0.2, 0) is 6.42 Å². The van der Waals surface area contributed by atoms with Crippen LogP contribution in [0.1, 0.15) is 18.9 Å². The van der Waals surface area contributed by atoms with Crippen molar-refractivity contribution in [1.29, 1.82) is 0 Å². The van der Waals surface area contributed by atoms with E-state index in [1.54, 1.807) is 14.2 Å². The number of nitrogens with one attached hydrogen (secondary N) is 1. The number of hydrogen-bond acceptors (Lipinski definition) is 5. The molecule has 0 unspecified atom stereocenters. The van der Waals surface area contributed by atoms with Crippen LogP contribution < -0.4 is 14.2 Å². The lowest BCUT2D eigenvalue weighted by molar-refractivity contribution is 0.235. The molecule has 0 saturated heterocycles. The number of imidazole rings is 1. The van der Waals surface area contributed by atoms with E-state index in [1.165, 1.54) is 5.56 Å². The van der Waals surface area contributed by atoms with Gasteiger partial charge in [0.05, 0.1) is 32.7 Å². The van der Waals surface area contributed by atoms with Crippen molar-refractivity contribution in [3.63, 3.8) is 0 Å². The summed E-state index contributed by atoms with van der Waals surface area (Å²) in [7, 11) is 3.32. The number of H-pyrrole nitrogens is 1. The zero-order valence-corrected chi connectivity index (χ0v) is 18.1. The molecule has 1 N–H and O–H groups in total. The second-order valence-electron chi connectivity index (χ2n) is 7.04. The van der Waals surface area contributed by atoms with Crippen molar-refractivity contribution in [3.05, 3.63) is 60.3 Å². The van der Waals surface area contributed by atoms with E-state index >= 15 is 0 Å². The van der Waals surface area contributed by atoms with Gasteiger partial charge in [-0.05, 0) is 42.6 Å². The maximum atomic E-state index is 5.80. The van der Waals surface area contributed by atoms with Gasteiger partial charge in [-0.25, -0.2) is 4.98 Å². The van der Waals surface area contributed by atoms with Crippen molar-refractivity contribution < 1.29 is 14.2 Å². The fourth-order valence-electron chi connectivity index (χ4n) is 3.35. The zero-order valence-electron chi connectivity index (χ0n) is 18.1. The van der Waals surface area contributed by atoms with Gasteiger partial charge in [0.25, 0.3) is 6.01 Å². The first kappa shape index (κ1) is 21.7. The Balaban J connectivity index is 1.41. The molecule has 6 heteroatoms. The highest BCUT2D eigenvalue weighted by Crippen LogP contribution is 2.27. The Morgan fingerprint density at radius 1 is 0.967 bits per heavy atom. The standard InChI is InChI=1S/C24H31N3O3/c1-4-27(15-13-19-11-12-22(28-2)23(17-19)29-3)14-8-16-30-24-25-18-21(26-24)20-9-6-5-7-10-20/h5-7,9-12,17-18H,4,8,13-16H2,1-3H3,(H,25,26). The summed E-state index contributed by atoms with van der Waals surface area (Å²) in [5.41, 5.74) is 3.31. The maximum absolute atomic E-state index is 5.80. The van der Waals surface area contributed by atoms with E-state index < -0.39 is 0 Å². The van der Waals surface area contributed by atoms with Gasteiger partial charge >= 0.3 is 0 Å². The van der Waals surface area contributed by atoms with Gasteiger partial charge in [0.15, 0.2) is 11.5 Å². The lowest BCUT2D eigenvalue weighted by atomic mass is 10.1. The first-order chi connectivity index (χ1) is 14.7. The van der Waals surface area contributed by atoms with E-state index in [2.05, 4.69) is 46.1 Å². The van der Waals surface area contributed by atoms with Crippen LogP contribution in [0.15, 0.2) is 54.7 Å². The molecule has 0 aliphatic rings. The van der Waals surface area contributed by atoms with Crippen LogP contribution in [0.5, 0.6) is 17.5 Å². The van der Waals surface area contributed by atoms with Crippen molar-refractivity contribution in [3.8, 4) is 28.8 Å². The molecular weight excluding hydrogens is 378 g/mol. The molecule has 3 aromatic rings. The van der Waals surface area contributed by atoms with Crippen molar-refractivity contribution in [2.24, 2.45) is 0 Å². The van der Waals surface area contributed by atoms with Crippen LogP contribution in [-0.4, -0.2) is 55.3 Å². The van der Waals surface area contributed by atoms with Gasteiger partial charge in [-0.2, -0.15) is 0 Å². The summed E-state index contributed by atoms with van der Waals surface area (Å²) >= 11 is 0. The summed E-state index contributed by atoms with van der Waals surface area (Å²) in [5.74, 6) is 1.54. The molecule has 0 fully saturated rings. The van der Waals surface area contributed by atoms with Crippen molar-refractivity contribution in [2.45, 2.75) is 19.8 Å². The normalized spacial score (nSPS) is 10.9. The van der Waals surface area contributed by atoms with Crippen LogP contribution >= 0.6 is 0 Å². The van der Waals surface area contributed by atoms with Gasteiger partial charge in [-0.15, -0.1) is 0 Å². The van der Waals surface area contributed by atoms with Gasteiger partial charge < -0.3 is 24.1 Å². The predicted molar refractivity (Wildman–Crippen MR) is 119 cm³/mol. The number of aromatic nitrogens is 2. The number of methoxy groups -OCH3 is 2. The number of hydrogen-bond donors (Lipinski definition) is 1. The van der Waals surface area contributed by atoms with E-state index in [9.17, 15) is 0 Å². The highest BCUT2D eigenvalue weighted by Gasteiger charge is 2.08. The van der Waals surface area contributed by atoms with E-state index in [-0.39, 0.29) is 0 Å². The Morgan fingerprint density at radius 2 is 1.77 bits per heavy atom. The molecular formula is C24H31N3O3. The molecule has 1 aromatic heterocycles. The topological polar surface area (TPSA) is 59.6 Å². The minimum atomic E-state index is 0.572. The predicted octanol–water partition coefficient (Wildman–Crippen LogP) is 4.43. The SMILES string of the molecule is CCN(CCCOc1ncc(-c2ccccc2)[nH]1)CCc1ccc(OC)c(OC)c1. The molecule has 0 spiro atoms. The van der Waals surface area contributed by atoms with Crippen molar-refractivity contribution >= 4 is 0 Å². The minimum absolute atomic E-state index is 0.572. The molecule has 0 radical (unpaired) electrons. The average molecular weight is 410 g/mol. The van der Waals surface area contributed by atoms with Crippen LogP contribution in [0.4, 0.5) is 0 Å². The molecule has 0 bridgehead atoms. The third-order valence-electron chi connectivity index (χ3n) is 5.11. The zero-order chi connectivity index (χ0) is 21.2. The van der Waals surface area contributed by atoms with Crippen LogP contribution in [0.3, 0.4) is 0 Å². The van der Waals surface area contributed by atoms with Gasteiger partial charge in [0, 0.05) is 13.1 Å². The number of nitrogens with zero attached hydrogens (tertiary/aromatic N) is 2. The third-order valence-corrected chi connectivity index (χ3v) is 5.11. The van der Waals surface area contributed by atoms with E-state index in [0.717, 1.165) is 55.2 Å². The molecule has 0 aliphatic heterocycles. The summed E-state index contributed by atoms with van der Waals surface area (Å²) in [6.07, 6.45) is 3.72. The van der Waals surface area contributed by atoms with Gasteiger partial charge in [0.2, 0.25) is 0 Å². The lowest BCUT2D eigenvalue weighted by Gasteiger charge is -2.20. The molecule has 0 atom stereocenters. The smallest absolute Gasteiger partial charge is 0.294 e. The second kappa shape index (κ2) is 11.3. The maximum Gasteiger partial charge on any atom is 0.294 e. The fourth-order valence-corrected chi connectivity index (χ4v) is 3.35. The summed E-state index contributed by atoms with van der Waals surface area (Å²) in [4.78, 5) is 9.98. The fraction of sp³-hybridized carbons (Fsp3) is 0.375. The highest BCUT2D eigenvalue weighted by atomic mass is 16.5. The Morgan fingerprint density at radius 3 is 2.50 bits per heavy atom. The molecule has 0 aliphatic carbocycles. The highest BCUT2D eigenvalue weighted by molar-refractivity contribution is 5.58. The van der Waals surface area contributed by atoms with Gasteiger partial charge in [-0.1, -0.05) is 43.3 Å². The van der Waals surface area contributed by atoms with Crippen LogP contribution in [0.2, 0.25) is 0 Å². The van der Waals surface area contributed by atoms with E-state index in [4.69, 9.17) is 14.2 Å². The number of benzene rings is 2. The van der Waals surface area contributed by atoms with Crippen LogP contribution in [0, 0.1) is 0 Å². The average Bonchev–Trinajstić information content (AvgIpc) is 3.28. The Kier molecular flexibility index (Phi) is 8.15. The second-order valence-corrected chi connectivity index (χ2v) is 7.04. The molecule has 1 heterocycles. The monoisotopic (exact) mass is 409 g/mol. The Bertz CT molecular complexity index is 896. The summed E-state index contributed by atoms with van der Waals surface area (Å²) in [6.45, 7) is 5.80. The van der Waals surface area contributed by atoms with Crippen molar-refractivity contribution in [1.82, 2.24) is 14.9 Å². The molecule has 160 valence electrons. The summed E-state index contributed by atoms with van der Waals surface area (Å²) < 4.78 is 16.5. The minimum Gasteiger partial charge on any atom is -0.493 e. The molecule has 2 aromatic carbocycles. The van der Waals surface area contributed by atoms with E-state index in [1.807, 2.05) is 30.5 Å². The number of likely N-dealkylation sites (N-methyl/N-ethyl adjacent to an activating group) is 1. The Hall–Kier alpha value is -2.99. The largest absolute Gasteiger partial charge is 0.493 e. The summed E-state index contributed by atoms with van der Waals surface area (Å²) in [5, 5.41) is 0. The Labute approximate surface area is 178 Å². The number of rotatable bonds is 12. The number of aromatic amines is 1. The lowest BCUT2D eigenvalue weighted by Crippen LogP contribution is -2.28. The third kappa shape index (κ3) is 6.00. The first-order valence-electron chi connectivity index (χ1n) is 10.4. The molecule has 0 saturated carbocycles. The quantitative estimate of drug-likeness (QED) is 0.449. The van der Waals surface area contributed by atoms with Gasteiger partial charge in [-0.3, -0.25) is 0 Å². The number of ether oxygens (including phenoxy) is 3. The van der Waals surface area contributed by atoms with Crippen molar-refractivity contribution in [2.75, 3.05) is 40.5 Å². The van der Waals surface area contributed by atoms with Gasteiger partial charge in [0.1, 0.15) is 0 Å². The van der Waals surface area contributed by atoms with E-state index in [0.29, 0.717) is 12.6 Å².